The van der Waals surface area contributed by atoms with Gasteiger partial charge in [0.25, 0.3) is 0 Å². The van der Waals surface area contributed by atoms with Crippen LogP contribution in [0.1, 0.15) is 40.5 Å². The SMILES string of the molecule is CCN(CC)CC(O)COCCCC(C)C. The molecule has 0 heterocycles. The van der Waals surface area contributed by atoms with Crippen molar-refractivity contribution in [3.8, 4) is 0 Å². The van der Waals surface area contributed by atoms with Gasteiger partial charge in [0.15, 0.2) is 0 Å². The van der Waals surface area contributed by atoms with Gasteiger partial charge in [0, 0.05) is 13.2 Å². The highest BCUT2D eigenvalue weighted by molar-refractivity contribution is 4.61. The van der Waals surface area contributed by atoms with Crippen molar-refractivity contribution < 1.29 is 9.84 Å². The van der Waals surface area contributed by atoms with Crippen LogP contribution in [0.25, 0.3) is 0 Å². The zero-order valence-corrected chi connectivity index (χ0v) is 11.4. The average Bonchev–Trinajstić information content (AvgIpc) is 2.25. The van der Waals surface area contributed by atoms with E-state index < -0.39 is 0 Å². The van der Waals surface area contributed by atoms with E-state index in [0.717, 1.165) is 38.6 Å². The lowest BCUT2D eigenvalue weighted by molar-refractivity contribution is 0.0166. The first kappa shape index (κ1) is 15.9. The Morgan fingerprint density at radius 2 is 1.81 bits per heavy atom. The van der Waals surface area contributed by atoms with Crippen LogP contribution in [0.5, 0.6) is 0 Å². The van der Waals surface area contributed by atoms with Gasteiger partial charge < -0.3 is 14.7 Å². The van der Waals surface area contributed by atoms with E-state index in [1.165, 1.54) is 6.42 Å². The first-order chi connectivity index (χ1) is 7.60. The molecule has 0 aliphatic rings. The normalized spacial score (nSPS) is 13.7. The van der Waals surface area contributed by atoms with E-state index in [-0.39, 0.29) is 6.10 Å². The quantitative estimate of drug-likeness (QED) is 0.585. The van der Waals surface area contributed by atoms with Crippen molar-refractivity contribution in [1.82, 2.24) is 4.90 Å². The Kier molecular flexibility index (Phi) is 9.99. The third-order valence-electron chi connectivity index (χ3n) is 2.74. The fourth-order valence-corrected chi connectivity index (χ4v) is 1.65. The van der Waals surface area contributed by atoms with E-state index in [1.54, 1.807) is 0 Å². The molecule has 0 aromatic rings. The fraction of sp³-hybridized carbons (Fsp3) is 1.00. The van der Waals surface area contributed by atoms with Crippen LogP contribution in [-0.2, 0) is 4.74 Å². The molecule has 3 heteroatoms. The number of nitrogens with zero attached hydrogens (tertiary/aromatic N) is 1. The number of rotatable bonds is 10. The minimum absolute atomic E-state index is 0.348. The fourth-order valence-electron chi connectivity index (χ4n) is 1.65. The summed E-state index contributed by atoms with van der Waals surface area (Å²) in [7, 11) is 0. The molecule has 0 bridgehead atoms. The van der Waals surface area contributed by atoms with Crippen LogP contribution in [0.15, 0.2) is 0 Å². The van der Waals surface area contributed by atoms with Crippen molar-refractivity contribution in [2.45, 2.75) is 46.6 Å². The largest absolute Gasteiger partial charge is 0.389 e. The van der Waals surface area contributed by atoms with Gasteiger partial charge in [-0.15, -0.1) is 0 Å². The van der Waals surface area contributed by atoms with Crippen molar-refractivity contribution in [3.63, 3.8) is 0 Å². The molecule has 1 N–H and O–H groups in total. The Morgan fingerprint density at radius 1 is 1.19 bits per heavy atom. The average molecular weight is 231 g/mol. The van der Waals surface area contributed by atoms with Crippen LogP contribution in [0.2, 0.25) is 0 Å². The first-order valence-electron chi connectivity index (χ1n) is 6.58. The lowest BCUT2D eigenvalue weighted by Crippen LogP contribution is -2.34. The van der Waals surface area contributed by atoms with Gasteiger partial charge >= 0.3 is 0 Å². The maximum atomic E-state index is 9.72. The first-order valence-corrected chi connectivity index (χ1v) is 6.58. The zero-order chi connectivity index (χ0) is 12.4. The third kappa shape index (κ3) is 9.13. The molecule has 0 radical (unpaired) electrons. The van der Waals surface area contributed by atoms with Crippen molar-refractivity contribution in [2.75, 3.05) is 32.8 Å². The summed E-state index contributed by atoms with van der Waals surface area (Å²) in [6, 6.07) is 0. The van der Waals surface area contributed by atoms with Crippen LogP contribution in [-0.4, -0.2) is 49.0 Å². The second-order valence-electron chi connectivity index (χ2n) is 4.75. The highest BCUT2D eigenvalue weighted by atomic mass is 16.5. The number of hydrogen-bond donors (Lipinski definition) is 1. The standard InChI is InChI=1S/C13H29NO2/c1-5-14(6-2)10-13(15)11-16-9-7-8-12(3)4/h12-13,15H,5-11H2,1-4H3. The molecule has 0 spiro atoms. The summed E-state index contributed by atoms with van der Waals surface area (Å²) in [4.78, 5) is 2.21. The second-order valence-corrected chi connectivity index (χ2v) is 4.75. The second kappa shape index (κ2) is 10.1. The van der Waals surface area contributed by atoms with E-state index in [1.807, 2.05) is 0 Å². The number of aliphatic hydroxyl groups is 1. The number of likely N-dealkylation sites (N-methyl/N-ethyl adjacent to an activating group) is 1. The van der Waals surface area contributed by atoms with Crippen LogP contribution < -0.4 is 0 Å². The summed E-state index contributed by atoms with van der Waals surface area (Å²) in [5.74, 6) is 0.740. The molecule has 0 aliphatic carbocycles. The summed E-state index contributed by atoms with van der Waals surface area (Å²) in [5, 5.41) is 9.72. The molecule has 0 rings (SSSR count). The lowest BCUT2D eigenvalue weighted by atomic mass is 10.1. The monoisotopic (exact) mass is 231 g/mol. The maximum absolute atomic E-state index is 9.72. The summed E-state index contributed by atoms with van der Waals surface area (Å²) < 4.78 is 5.46. The van der Waals surface area contributed by atoms with E-state index >= 15 is 0 Å². The van der Waals surface area contributed by atoms with E-state index in [2.05, 4.69) is 32.6 Å². The molecule has 98 valence electrons. The van der Waals surface area contributed by atoms with Crippen LogP contribution in [0.4, 0.5) is 0 Å². The zero-order valence-electron chi connectivity index (χ0n) is 11.4. The molecule has 0 saturated carbocycles. The predicted molar refractivity (Wildman–Crippen MR) is 68.7 cm³/mol. The molecule has 16 heavy (non-hydrogen) atoms. The maximum Gasteiger partial charge on any atom is 0.0900 e. The van der Waals surface area contributed by atoms with Crippen molar-refractivity contribution in [2.24, 2.45) is 5.92 Å². The smallest absolute Gasteiger partial charge is 0.0900 e. The highest BCUT2D eigenvalue weighted by Gasteiger charge is 2.08. The number of ether oxygens (including phenoxy) is 1. The summed E-state index contributed by atoms with van der Waals surface area (Å²) >= 11 is 0. The highest BCUT2D eigenvalue weighted by Crippen LogP contribution is 2.03. The summed E-state index contributed by atoms with van der Waals surface area (Å²) in [6.45, 7) is 12.6. The molecule has 0 aliphatic heterocycles. The predicted octanol–water partition coefficient (Wildman–Crippen LogP) is 2.14. The van der Waals surface area contributed by atoms with Crippen LogP contribution >= 0.6 is 0 Å². The molecule has 0 aromatic carbocycles. The molecule has 1 atom stereocenters. The Labute approximate surface area is 101 Å². The van der Waals surface area contributed by atoms with E-state index in [9.17, 15) is 5.11 Å². The Bertz CT molecular complexity index is 147. The summed E-state index contributed by atoms with van der Waals surface area (Å²) in [6.07, 6.45) is 1.95. The lowest BCUT2D eigenvalue weighted by Gasteiger charge is -2.21. The van der Waals surface area contributed by atoms with Gasteiger partial charge in [-0.2, -0.15) is 0 Å². The van der Waals surface area contributed by atoms with Gasteiger partial charge in [-0.05, 0) is 31.8 Å². The Morgan fingerprint density at radius 3 is 2.31 bits per heavy atom. The van der Waals surface area contributed by atoms with Gasteiger partial charge in [-0.25, -0.2) is 0 Å². The Balaban J connectivity index is 3.39. The minimum atomic E-state index is -0.348. The molecule has 0 amide bonds. The number of aliphatic hydroxyl groups excluding tert-OH is 1. The molecule has 0 fully saturated rings. The minimum Gasteiger partial charge on any atom is -0.389 e. The third-order valence-corrected chi connectivity index (χ3v) is 2.74. The van der Waals surface area contributed by atoms with E-state index in [4.69, 9.17) is 4.74 Å². The van der Waals surface area contributed by atoms with Crippen molar-refractivity contribution in [1.29, 1.82) is 0 Å². The molecule has 0 aromatic heterocycles. The van der Waals surface area contributed by atoms with Crippen LogP contribution in [0, 0.1) is 5.92 Å². The topological polar surface area (TPSA) is 32.7 Å². The van der Waals surface area contributed by atoms with Gasteiger partial charge in [0.1, 0.15) is 0 Å². The van der Waals surface area contributed by atoms with Gasteiger partial charge in [-0.3, -0.25) is 0 Å². The van der Waals surface area contributed by atoms with Gasteiger partial charge in [0.05, 0.1) is 12.7 Å². The van der Waals surface area contributed by atoms with Gasteiger partial charge in [-0.1, -0.05) is 27.7 Å². The van der Waals surface area contributed by atoms with E-state index in [0.29, 0.717) is 6.61 Å². The van der Waals surface area contributed by atoms with Crippen LogP contribution in [0.3, 0.4) is 0 Å². The summed E-state index contributed by atoms with van der Waals surface area (Å²) in [5.41, 5.74) is 0. The van der Waals surface area contributed by atoms with Crippen molar-refractivity contribution in [3.05, 3.63) is 0 Å². The molecular formula is C13H29NO2. The van der Waals surface area contributed by atoms with Gasteiger partial charge in [0.2, 0.25) is 0 Å². The number of hydrogen-bond acceptors (Lipinski definition) is 3. The Hall–Kier alpha value is -0.120. The molecule has 3 nitrogen and oxygen atoms in total. The van der Waals surface area contributed by atoms with Crippen molar-refractivity contribution >= 4 is 0 Å². The molecule has 0 saturated heterocycles. The molecular weight excluding hydrogens is 202 g/mol. The molecule has 1 unspecified atom stereocenters.